The molecule has 0 atom stereocenters. The molecule has 0 fully saturated rings. The highest BCUT2D eigenvalue weighted by Gasteiger charge is 2.11. The molecule has 3 rings (SSSR count). The first-order valence-corrected chi connectivity index (χ1v) is 9.73. The summed E-state index contributed by atoms with van der Waals surface area (Å²) in [6.07, 6.45) is 0.883. The Bertz CT molecular complexity index is 1160. The van der Waals surface area contributed by atoms with Gasteiger partial charge in [0.15, 0.2) is 0 Å². The molecular formula is C23H19FN4O5. The second-order valence-corrected chi connectivity index (χ2v) is 6.78. The zero-order valence-corrected chi connectivity index (χ0v) is 17.2. The Morgan fingerprint density at radius 1 is 1.00 bits per heavy atom. The third-order valence-electron chi connectivity index (χ3n) is 4.30. The van der Waals surface area contributed by atoms with E-state index in [1.54, 1.807) is 42.5 Å². The topological polar surface area (TPSA) is 123 Å². The summed E-state index contributed by atoms with van der Waals surface area (Å²) in [7, 11) is 0. The SMILES string of the molecule is O=C(CC(=O)Nc1ccccc1F)NN=Cc1ccc(OCc2ccc([N+](=O)[O-])cc2)cc1. The molecule has 9 nitrogen and oxygen atoms in total. The van der Waals surface area contributed by atoms with Crippen LogP contribution in [-0.2, 0) is 16.2 Å². The van der Waals surface area contributed by atoms with Crippen LogP contribution >= 0.6 is 0 Å². The number of amides is 2. The fourth-order valence-corrected chi connectivity index (χ4v) is 2.65. The van der Waals surface area contributed by atoms with E-state index in [1.165, 1.54) is 36.5 Å². The van der Waals surface area contributed by atoms with Gasteiger partial charge in [-0.25, -0.2) is 9.82 Å². The molecule has 0 heterocycles. The van der Waals surface area contributed by atoms with Gasteiger partial charge >= 0.3 is 0 Å². The average Bonchev–Trinajstić information content (AvgIpc) is 2.80. The molecule has 0 aliphatic rings. The molecule has 2 amide bonds. The molecule has 0 radical (unpaired) electrons. The van der Waals surface area contributed by atoms with E-state index in [2.05, 4.69) is 15.8 Å². The Hall–Kier alpha value is -4.60. The predicted molar refractivity (Wildman–Crippen MR) is 119 cm³/mol. The fraction of sp³-hybridized carbons (Fsp3) is 0.0870. The average molecular weight is 450 g/mol. The van der Waals surface area contributed by atoms with Crippen LogP contribution in [0.4, 0.5) is 15.8 Å². The van der Waals surface area contributed by atoms with Crippen molar-refractivity contribution in [1.82, 2.24) is 5.43 Å². The van der Waals surface area contributed by atoms with Gasteiger partial charge in [-0.15, -0.1) is 0 Å². The van der Waals surface area contributed by atoms with E-state index in [0.29, 0.717) is 11.3 Å². The summed E-state index contributed by atoms with van der Waals surface area (Å²) in [5.74, 6) is -1.32. The number of carbonyl (C=O) groups excluding carboxylic acids is 2. The first kappa shape index (κ1) is 23.1. The molecule has 2 N–H and O–H groups in total. The normalized spacial score (nSPS) is 10.6. The Morgan fingerprint density at radius 3 is 2.36 bits per heavy atom. The lowest BCUT2D eigenvalue weighted by atomic mass is 10.2. The summed E-state index contributed by atoms with van der Waals surface area (Å²) in [4.78, 5) is 33.8. The number of nitrogens with zero attached hydrogens (tertiary/aromatic N) is 2. The van der Waals surface area contributed by atoms with Crippen molar-refractivity contribution < 1.29 is 23.6 Å². The van der Waals surface area contributed by atoms with Crippen molar-refractivity contribution in [2.45, 2.75) is 13.0 Å². The second-order valence-electron chi connectivity index (χ2n) is 6.78. The molecule has 33 heavy (non-hydrogen) atoms. The minimum atomic E-state index is -0.665. The monoisotopic (exact) mass is 450 g/mol. The summed E-state index contributed by atoms with van der Waals surface area (Å²) in [5, 5.41) is 16.8. The predicted octanol–water partition coefficient (Wildman–Crippen LogP) is 3.79. The summed E-state index contributed by atoms with van der Waals surface area (Å²) >= 11 is 0. The van der Waals surface area contributed by atoms with Gasteiger partial charge in [0.1, 0.15) is 24.6 Å². The van der Waals surface area contributed by atoms with Gasteiger partial charge in [-0.05, 0) is 59.7 Å². The largest absolute Gasteiger partial charge is 0.489 e. The highest BCUT2D eigenvalue weighted by atomic mass is 19.1. The Morgan fingerprint density at radius 2 is 1.70 bits per heavy atom. The van der Waals surface area contributed by atoms with Gasteiger partial charge in [0.2, 0.25) is 11.8 Å². The first-order valence-electron chi connectivity index (χ1n) is 9.73. The van der Waals surface area contributed by atoms with E-state index in [-0.39, 0.29) is 18.0 Å². The van der Waals surface area contributed by atoms with Crippen LogP contribution in [0.1, 0.15) is 17.5 Å². The van der Waals surface area contributed by atoms with Crippen LogP contribution in [0, 0.1) is 15.9 Å². The molecule has 3 aromatic carbocycles. The molecular weight excluding hydrogens is 431 g/mol. The fourth-order valence-electron chi connectivity index (χ4n) is 2.65. The standard InChI is InChI=1S/C23H19FN4O5/c24-20-3-1-2-4-21(20)26-22(29)13-23(30)27-25-14-16-7-11-19(12-8-16)33-15-17-5-9-18(10-6-17)28(31)32/h1-12,14H,13,15H2,(H,26,29)(H,27,30). The molecule has 0 spiro atoms. The summed E-state index contributed by atoms with van der Waals surface area (Å²) in [6, 6.07) is 18.6. The third kappa shape index (κ3) is 7.24. The van der Waals surface area contributed by atoms with E-state index in [4.69, 9.17) is 4.74 Å². The Balaban J connectivity index is 1.42. The zero-order valence-electron chi connectivity index (χ0n) is 17.2. The number of ether oxygens (including phenoxy) is 1. The Labute approximate surface area is 188 Å². The number of nitro groups is 1. The van der Waals surface area contributed by atoms with Crippen LogP contribution in [0.5, 0.6) is 5.75 Å². The number of hydrogen-bond donors (Lipinski definition) is 2. The molecule has 3 aromatic rings. The number of non-ortho nitro benzene ring substituents is 1. The maximum atomic E-state index is 13.5. The van der Waals surface area contributed by atoms with Crippen molar-refractivity contribution >= 4 is 29.4 Å². The van der Waals surface area contributed by atoms with Gasteiger partial charge in [0, 0.05) is 12.1 Å². The molecule has 0 unspecified atom stereocenters. The number of nitrogens with one attached hydrogen (secondary N) is 2. The lowest BCUT2D eigenvalue weighted by molar-refractivity contribution is -0.384. The maximum Gasteiger partial charge on any atom is 0.269 e. The van der Waals surface area contributed by atoms with Gasteiger partial charge in [0.25, 0.3) is 5.69 Å². The van der Waals surface area contributed by atoms with Crippen molar-refractivity contribution in [2.24, 2.45) is 5.10 Å². The second kappa shape index (κ2) is 11.1. The number of halogens is 1. The molecule has 0 aromatic heterocycles. The minimum Gasteiger partial charge on any atom is -0.489 e. The van der Waals surface area contributed by atoms with Crippen LogP contribution in [0.2, 0.25) is 0 Å². The molecule has 168 valence electrons. The number of carbonyl (C=O) groups is 2. The first-order chi connectivity index (χ1) is 15.9. The van der Waals surface area contributed by atoms with Crippen LogP contribution in [-0.4, -0.2) is 23.0 Å². The van der Waals surface area contributed by atoms with Gasteiger partial charge in [-0.3, -0.25) is 19.7 Å². The van der Waals surface area contributed by atoms with Crippen molar-refractivity contribution in [2.75, 3.05) is 5.32 Å². The number of nitro benzene ring substituents is 1. The molecule has 0 saturated carbocycles. The van der Waals surface area contributed by atoms with Gasteiger partial charge in [-0.2, -0.15) is 5.10 Å². The number of benzene rings is 3. The number of rotatable bonds is 9. The minimum absolute atomic E-state index is 0.00492. The van der Waals surface area contributed by atoms with Gasteiger partial charge in [-0.1, -0.05) is 12.1 Å². The lowest BCUT2D eigenvalue weighted by Gasteiger charge is -2.06. The summed E-state index contributed by atoms with van der Waals surface area (Å²) in [5.41, 5.74) is 3.70. The van der Waals surface area contributed by atoms with E-state index >= 15 is 0 Å². The lowest BCUT2D eigenvalue weighted by Crippen LogP contribution is -2.24. The number of hydrogen-bond acceptors (Lipinski definition) is 6. The molecule has 0 bridgehead atoms. The van der Waals surface area contributed by atoms with Crippen LogP contribution in [0.15, 0.2) is 77.9 Å². The van der Waals surface area contributed by atoms with Gasteiger partial charge in [0.05, 0.1) is 16.8 Å². The smallest absolute Gasteiger partial charge is 0.269 e. The summed E-state index contributed by atoms with van der Waals surface area (Å²) < 4.78 is 19.1. The van der Waals surface area contributed by atoms with Crippen molar-refractivity contribution in [3.05, 3.63) is 99.9 Å². The molecule has 0 aliphatic carbocycles. The van der Waals surface area contributed by atoms with E-state index < -0.39 is 29.0 Å². The highest BCUT2D eigenvalue weighted by molar-refractivity contribution is 6.03. The zero-order chi connectivity index (χ0) is 23.6. The Kier molecular flexibility index (Phi) is 7.79. The van der Waals surface area contributed by atoms with E-state index in [1.807, 2.05) is 0 Å². The summed E-state index contributed by atoms with van der Waals surface area (Å²) in [6.45, 7) is 0.246. The highest BCUT2D eigenvalue weighted by Crippen LogP contribution is 2.16. The van der Waals surface area contributed by atoms with Gasteiger partial charge < -0.3 is 10.1 Å². The van der Waals surface area contributed by atoms with Crippen molar-refractivity contribution in [3.8, 4) is 5.75 Å². The van der Waals surface area contributed by atoms with Crippen LogP contribution in [0.3, 0.4) is 0 Å². The third-order valence-corrected chi connectivity index (χ3v) is 4.30. The molecule has 0 saturated heterocycles. The maximum absolute atomic E-state index is 13.5. The molecule has 0 aliphatic heterocycles. The van der Waals surface area contributed by atoms with Crippen LogP contribution < -0.4 is 15.5 Å². The number of anilines is 1. The molecule has 10 heteroatoms. The number of hydrazone groups is 1. The van der Waals surface area contributed by atoms with Crippen LogP contribution in [0.25, 0.3) is 0 Å². The van der Waals surface area contributed by atoms with Crippen molar-refractivity contribution in [1.29, 1.82) is 0 Å². The van der Waals surface area contributed by atoms with E-state index in [0.717, 1.165) is 5.56 Å². The van der Waals surface area contributed by atoms with E-state index in [9.17, 15) is 24.1 Å². The quantitative estimate of drug-likeness (QED) is 0.222. The van der Waals surface area contributed by atoms with Crippen molar-refractivity contribution in [3.63, 3.8) is 0 Å². The number of para-hydroxylation sites is 1.